The van der Waals surface area contributed by atoms with Crippen molar-refractivity contribution in [1.29, 1.82) is 0 Å². The summed E-state index contributed by atoms with van der Waals surface area (Å²) >= 11 is 6.06. The number of benzene rings is 2. The van der Waals surface area contributed by atoms with Gasteiger partial charge in [0.1, 0.15) is 5.56 Å². The highest BCUT2D eigenvalue weighted by atomic mass is 35.5. The minimum Gasteiger partial charge on any atom is -0.493 e. The lowest BCUT2D eigenvalue weighted by Gasteiger charge is -2.10. The Kier molecular flexibility index (Phi) is 6.17. The summed E-state index contributed by atoms with van der Waals surface area (Å²) in [5.41, 5.74) is -1.03. The zero-order valence-electron chi connectivity index (χ0n) is 16.1. The maximum absolute atomic E-state index is 12.2. The van der Waals surface area contributed by atoms with E-state index in [0.29, 0.717) is 11.4 Å². The van der Waals surface area contributed by atoms with Gasteiger partial charge >= 0.3 is 11.7 Å². The van der Waals surface area contributed by atoms with Gasteiger partial charge in [-0.2, -0.15) is 0 Å². The first-order valence-electron chi connectivity index (χ1n) is 8.96. The van der Waals surface area contributed by atoms with Gasteiger partial charge in [-0.15, -0.1) is 0 Å². The van der Waals surface area contributed by atoms with E-state index in [0.717, 1.165) is 10.8 Å². The van der Waals surface area contributed by atoms with E-state index in [1.807, 2.05) is 0 Å². The fourth-order valence-electron chi connectivity index (χ4n) is 2.64. The van der Waals surface area contributed by atoms with Crippen LogP contribution in [0.4, 0.5) is 5.69 Å². The van der Waals surface area contributed by atoms with Gasteiger partial charge in [-0.25, -0.2) is 14.2 Å². The van der Waals surface area contributed by atoms with Crippen LogP contribution in [0.25, 0.3) is 5.69 Å². The van der Waals surface area contributed by atoms with Crippen molar-refractivity contribution in [2.45, 2.75) is 20.0 Å². The van der Waals surface area contributed by atoms with Crippen molar-refractivity contribution in [3.05, 3.63) is 85.5 Å². The van der Waals surface area contributed by atoms with Crippen LogP contribution in [0.15, 0.2) is 63.1 Å². The smallest absolute Gasteiger partial charge is 0.339 e. The molecule has 0 aliphatic heterocycles. The third-order valence-corrected chi connectivity index (χ3v) is 4.32. The number of aromatic hydroxyl groups is 1. The molecule has 1 aromatic heterocycles. The van der Waals surface area contributed by atoms with Crippen LogP contribution >= 0.6 is 11.6 Å². The largest absolute Gasteiger partial charge is 0.493 e. The van der Waals surface area contributed by atoms with Gasteiger partial charge in [0.2, 0.25) is 5.88 Å². The molecule has 30 heavy (non-hydrogen) atoms. The van der Waals surface area contributed by atoms with Gasteiger partial charge in [0.05, 0.1) is 28.1 Å². The molecule has 0 bridgehead atoms. The predicted octanol–water partition coefficient (Wildman–Crippen LogP) is 3.20. The molecular weight excluding hydrogens is 410 g/mol. The molecule has 154 valence electrons. The third kappa shape index (κ3) is 4.49. The van der Waals surface area contributed by atoms with Gasteiger partial charge in [0.25, 0.3) is 5.56 Å². The first-order chi connectivity index (χ1) is 14.3. The molecule has 0 saturated heterocycles. The first-order valence-corrected chi connectivity index (χ1v) is 9.34. The molecule has 3 aromatic rings. The van der Waals surface area contributed by atoms with E-state index in [9.17, 15) is 19.5 Å². The van der Waals surface area contributed by atoms with Crippen LogP contribution in [0.3, 0.4) is 0 Å². The average molecular weight is 428 g/mol. The minimum atomic E-state index is -0.804. The number of aromatic nitrogens is 2. The van der Waals surface area contributed by atoms with E-state index < -0.39 is 23.1 Å². The molecule has 0 aliphatic rings. The number of aliphatic imine (C=N–C) groups is 1. The molecule has 9 heteroatoms. The van der Waals surface area contributed by atoms with E-state index in [4.69, 9.17) is 16.3 Å². The van der Waals surface area contributed by atoms with Crippen molar-refractivity contribution >= 4 is 29.5 Å². The Labute approximate surface area is 176 Å². The van der Waals surface area contributed by atoms with Crippen LogP contribution in [0.2, 0.25) is 5.02 Å². The number of H-pyrrole nitrogens is 1. The van der Waals surface area contributed by atoms with E-state index in [1.54, 1.807) is 44.2 Å². The van der Waals surface area contributed by atoms with Crippen molar-refractivity contribution in [2.24, 2.45) is 4.99 Å². The second-order valence-corrected chi connectivity index (χ2v) is 6.95. The average Bonchev–Trinajstić information content (AvgIpc) is 2.69. The van der Waals surface area contributed by atoms with E-state index in [-0.39, 0.29) is 22.3 Å². The number of hydrogen-bond acceptors (Lipinski definition) is 6. The van der Waals surface area contributed by atoms with Crippen LogP contribution in [-0.2, 0) is 4.74 Å². The number of esters is 1. The Morgan fingerprint density at radius 1 is 1.20 bits per heavy atom. The van der Waals surface area contributed by atoms with Crippen molar-refractivity contribution in [2.75, 3.05) is 0 Å². The molecule has 0 saturated carbocycles. The highest BCUT2D eigenvalue weighted by Crippen LogP contribution is 2.24. The molecule has 0 fully saturated rings. The molecule has 3 rings (SSSR count). The number of nitrogens with zero attached hydrogens (tertiary/aromatic N) is 2. The molecule has 2 aromatic carbocycles. The molecule has 1 heterocycles. The number of aromatic amines is 1. The summed E-state index contributed by atoms with van der Waals surface area (Å²) in [5, 5.41) is 10.7. The lowest BCUT2D eigenvalue weighted by molar-refractivity contribution is 0.0378. The summed E-state index contributed by atoms with van der Waals surface area (Å²) in [5.74, 6) is -1.17. The Hall–Kier alpha value is -3.65. The van der Waals surface area contributed by atoms with Crippen LogP contribution in [0, 0.1) is 0 Å². The van der Waals surface area contributed by atoms with Gasteiger partial charge in [-0.05, 0) is 44.2 Å². The Bertz CT molecular complexity index is 1230. The summed E-state index contributed by atoms with van der Waals surface area (Å²) in [6, 6.07) is 12.7. The maximum atomic E-state index is 12.2. The first kappa shape index (κ1) is 21.1. The summed E-state index contributed by atoms with van der Waals surface area (Å²) in [6.07, 6.45) is 0.781. The molecule has 0 atom stereocenters. The molecular formula is C21H18ClN3O5. The van der Waals surface area contributed by atoms with Gasteiger partial charge in [-0.3, -0.25) is 14.8 Å². The Morgan fingerprint density at radius 3 is 2.57 bits per heavy atom. The predicted molar refractivity (Wildman–Crippen MR) is 114 cm³/mol. The van der Waals surface area contributed by atoms with E-state index in [2.05, 4.69) is 9.98 Å². The summed E-state index contributed by atoms with van der Waals surface area (Å²) < 4.78 is 6.10. The van der Waals surface area contributed by atoms with Gasteiger partial charge in [0, 0.05) is 6.21 Å². The number of hydrogen-bond donors (Lipinski definition) is 2. The molecule has 2 N–H and O–H groups in total. The van der Waals surface area contributed by atoms with Gasteiger partial charge in [-0.1, -0.05) is 29.8 Å². The molecule has 0 unspecified atom stereocenters. The highest BCUT2D eigenvalue weighted by Gasteiger charge is 2.16. The molecule has 0 aliphatic carbocycles. The number of carbonyl (C=O) groups excluding carboxylic acids is 1. The lowest BCUT2D eigenvalue weighted by Crippen LogP contribution is -2.31. The van der Waals surface area contributed by atoms with Crippen molar-refractivity contribution in [3.63, 3.8) is 0 Å². The number of para-hydroxylation sites is 1. The molecule has 0 spiro atoms. The van der Waals surface area contributed by atoms with Crippen molar-refractivity contribution in [3.8, 4) is 11.6 Å². The van der Waals surface area contributed by atoms with Gasteiger partial charge in [0.15, 0.2) is 0 Å². The van der Waals surface area contributed by atoms with Crippen LogP contribution in [0.1, 0.15) is 29.8 Å². The van der Waals surface area contributed by atoms with Crippen LogP contribution in [0.5, 0.6) is 5.88 Å². The minimum absolute atomic E-state index is 0.118. The number of ether oxygens (including phenoxy) is 1. The fourth-order valence-corrected chi connectivity index (χ4v) is 2.83. The fraction of sp³-hybridized carbons (Fsp3) is 0.143. The van der Waals surface area contributed by atoms with Crippen molar-refractivity contribution in [1.82, 2.24) is 9.55 Å². The molecule has 0 radical (unpaired) electrons. The molecule has 0 amide bonds. The zero-order chi connectivity index (χ0) is 21.8. The third-order valence-electron chi connectivity index (χ3n) is 3.99. The monoisotopic (exact) mass is 427 g/mol. The number of rotatable bonds is 5. The summed E-state index contributed by atoms with van der Waals surface area (Å²) in [7, 11) is 0. The second kappa shape index (κ2) is 8.79. The summed E-state index contributed by atoms with van der Waals surface area (Å²) in [4.78, 5) is 42.8. The molecule has 8 nitrogen and oxygen atoms in total. The Balaban J connectivity index is 2.02. The lowest BCUT2D eigenvalue weighted by atomic mass is 10.2. The van der Waals surface area contributed by atoms with E-state index in [1.165, 1.54) is 18.2 Å². The Morgan fingerprint density at radius 2 is 1.90 bits per heavy atom. The maximum Gasteiger partial charge on any atom is 0.339 e. The standard InChI is InChI=1S/C21H18ClN3O5/c1-12(2)30-20(28)15-10-13(8-9-17(15)22)23-11-16-18(26)24-21(29)25(19(16)27)14-6-4-3-5-7-14/h3-12,27H,1-2H3,(H,24,26,29). The van der Waals surface area contributed by atoms with E-state index >= 15 is 0 Å². The quantitative estimate of drug-likeness (QED) is 0.479. The number of nitrogens with one attached hydrogen (secondary N) is 1. The highest BCUT2D eigenvalue weighted by molar-refractivity contribution is 6.33. The second-order valence-electron chi connectivity index (χ2n) is 6.54. The van der Waals surface area contributed by atoms with Crippen molar-refractivity contribution < 1.29 is 14.6 Å². The number of halogens is 1. The topological polar surface area (TPSA) is 114 Å². The SMILES string of the molecule is CC(C)OC(=O)c1cc(N=Cc2c(O)n(-c3ccccc3)c(=O)[nH]c2=O)ccc1Cl. The normalized spacial score (nSPS) is 11.2. The zero-order valence-corrected chi connectivity index (χ0v) is 16.9. The number of carbonyl (C=O) groups is 1. The summed E-state index contributed by atoms with van der Waals surface area (Å²) in [6.45, 7) is 3.43. The van der Waals surface area contributed by atoms with Gasteiger partial charge < -0.3 is 9.84 Å². The van der Waals surface area contributed by atoms with Crippen LogP contribution in [-0.4, -0.2) is 32.9 Å². The van der Waals surface area contributed by atoms with Crippen LogP contribution < -0.4 is 11.2 Å².